The van der Waals surface area contributed by atoms with Crippen LogP contribution in [-0.4, -0.2) is 34.6 Å². The van der Waals surface area contributed by atoms with Crippen molar-refractivity contribution in [1.29, 1.82) is 0 Å². The summed E-state index contributed by atoms with van der Waals surface area (Å²) in [4.78, 5) is 14.9. The van der Waals surface area contributed by atoms with Crippen LogP contribution in [0.4, 0.5) is 5.69 Å². The van der Waals surface area contributed by atoms with Gasteiger partial charge in [0.25, 0.3) is 5.91 Å². The maximum Gasteiger partial charge on any atom is 0.266 e. The second-order valence-corrected chi connectivity index (χ2v) is 7.03. The van der Waals surface area contributed by atoms with E-state index in [2.05, 4.69) is 0 Å². The van der Waals surface area contributed by atoms with Gasteiger partial charge in [0, 0.05) is 23.2 Å². The molecule has 2 rings (SSSR count). The van der Waals surface area contributed by atoms with Gasteiger partial charge in [0.1, 0.15) is 4.88 Å². The summed E-state index contributed by atoms with van der Waals surface area (Å²) in [6, 6.07) is 6.01. The number of rotatable bonds is 4. The van der Waals surface area contributed by atoms with E-state index in [1.807, 2.05) is 32.0 Å². The summed E-state index contributed by atoms with van der Waals surface area (Å²) in [5.41, 5.74) is 6.90. The van der Waals surface area contributed by atoms with E-state index in [0.29, 0.717) is 17.1 Å². The largest absolute Gasteiger partial charge is 0.397 e. The standard InChI is InChI=1S/C16H22N2O2S/c1-5-18(9-16(3,4)20)15(19)14-13(17)11-8-10(2)6-7-12(11)21-14/h6-8,20H,5,9,17H2,1-4H3. The number of anilines is 1. The molecule has 0 aliphatic heterocycles. The highest BCUT2D eigenvalue weighted by Gasteiger charge is 2.25. The molecule has 0 atom stereocenters. The zero-order valence-corrected chi connectivity index (χ0v) is 13.8. The Morgan fingerprint density at radius 2 is 2.10 bits per heavy atom. The van der Waals surface area contributed by atoms with E-state index in [-0.39, 0.29) is 12.5 Å². The van der Waals surface area contributed by atoms with E-state index in [0.717, 1.165) is 15.6 Å². The van der Waals surface area contributed by atoms with Crippen LogP contribution in [-0.2, 0) is 0 Å². The van der Waals surface area contributed by atoms with Crippen LogP contribution < -0.4 is 5.73 Å². The summed E-state index contributed by atoms with van der Waals surface area (Å²) in [6.07, 6.45) is 0. The minimum atomic E-state index is -0.923. The maximum atomic E-state index is 12.7. The van der Waals surface area contributed by atoms with Crippen molar-refractivity contribution in [3.05, 3.63) is 28.6 Å². The fourth-order valence-corrected chi connectivity index (χ4v) is 3.40. The fourth-order valence-electron chi connectivity index (χ4n) is 2.33. The number of aryl methyl sites for hydroxylation is 1. The lowest BCUT2D eigenvalue weighted by molar-refractivity contribution is 0.0318. The highest BCUT2D eigenvalue weighted by Crippen LogP contribution is 2.35. The zero-order chi connectivity index (χ0) is 15.8. The minimum Gasteiger partial charge on any atom is -0.397 e. The molecule has 1 aromatic carbocycles. The Kier molecular flexibility index (Phi) is 4.25. The minimum absolute atomic E-state index is 0.115. The maximum absolute atomic E-state index is 12.7. The molecule has 114 valence electrons. The topological polar surface area (TPSA) is 66.6 Å². The quantitative estimate of drug-likeness (QED) is 0.912. The molecule has 0 fully saturated rings. The molecule has 0 spiro atoms. The van der Waals surface area contributed by atoms with Gasteiger partial charge in [-0.25, -0.2) is 0 Å². The lowest BCUT2D eigenvalue weighted by Crippen LogP contribution is -2.42. The van der Waals surface area contributed by atoms with E-state index >= 15 is 0 Å². The van der Waals surface area contributed by atoms with E-state index in [1.54, 1.807) is 18.7 Å². The van der Waals surface area contributed by atoms with Gasteiger partial charge < -0.3 is 15.7 Å². The van der Waals surface area contributed by atoms with Gasteiger partial charge in [0.05, 0.1) is 11.3 Å². The molecule has 4 nitrogen and oxygen atoms in total. The van der Waals surface area contributed by atoms with Crippen LogP contribution in [0.5, 0.6) is 0 Å². The van der Waals surface area contributed by atoms with Crippen molar-refractivity contribution in [2.75, 3.05) is 18.8 Å². The van der Waals surface area contributed by atoms with Crippen LogP contribution in [0.1, 0.15) is 36.0 Å². The third-order valence-electron chi connectivity index (χ3n) is 3.32. The average Bonchev–Trinajstić information content (AvgIpc) is 2.71. The van der Waals surface area contributed by atoms with Crippen LogP contribution in [0.15, 0.2) is 18.2 Å². The van der Waals surface area contributed by atoms with E-state index in [1.165, 1.54) is 11.3 Å². The third kappa shape index (κ3) is 3.36. The van der Waals surface area contributed by atoms with Crippen molar-refractivity contribution in [1.82, 2.24) is 4.90 Å². The molecule has 1 heterocycles. The second-order valence-electron chi connectivity index (χ2n) is 5.98. The molecule has 1 aromatic heterocycles. The molecule has 0 radical (unpaired) electrons. The van der Waals surface area contributed by atoms with Crippen molar-refractivity contribution >= 4 is 33.0 Å². The Hall–Kier alpha value is -1.59. The molecule has 0 bridgehead atoms. The van der Waals surface area contributed by atoms with Crippen LogP contribution in [0.25, 0.3) is 10.1 Å². The predicted molar refractivity (Wildman–Crippen MR) is 88.8 cm³/mol. The van der Waals surface area contributed by atoms with Crippen molar-refractivity contribution in [3.8, 4) is 0 Å². The van der Waals surface area contributed by atoms with Crippen molar-refractivity contribution in [2.45, 2.75) is 33.3 Å². The van der Waals surface area contributed by atoms with Crippen LogP contribution in [0.3, 0.4) is 0 Å². The van der Waals surface area contributed by atoms with Gasteiger partial charge in [0.15, 0.2) is 0 Å². The highest BCUT2D eigenvalue weighted by atomic mass is 32.1. The van der Waals surface area contributed by atoms with Gasteiger partial charge in [-0.2, -0.15) is 0 Å². The van der Waals surface area contributed by atoms with Crippen molar-refractivity contribution < 1.29 is 9.90 Å². The molecule has 21 heavy (non-hydrogen) atoms. The molecule has 0 saturated carbocycles. The third-order valence-corrected chi connectivity index (χ3v) is 4.50. The number of nitrogens with two attached hydrogens (primary N) is 1. The summed E-state index contributed by atoms with van der Waals surface area (Å²) in [5, 5.41) is 10.9. The first kappa shape index (κ1) is 15.8. The van der Waals surface area contributed by atoms with Gasteiger partial charge in [-0.15, -0.1) is 11.3 Å². The first-order valence-corrected chi connectivity index (χ1v) is 7.85. The summed E-state index contributed by atoms with van der Waals surface area (Å²) in [5.74, 6) is -0.115. The number of thiophene rings is 1. The Morgan fingerprint density at radius 1 is 1.43 bits per heavy atom. The predicted octanol–water partition coefficient (Wildman–Crippen LogP) is 3.02. The van der Waals surface area contributed by atoms with Crippen molar-refractivity contribution in [3.63, 3.8) is 0 Å². The lowest BCUT2D eigenvalue weighted by atomic mass is 10.1. The average molecular weight is 306 g/mol. The van der Waals surface area contributed by atoms with Gasteiger partial charge >= 0.3 is 0 Å². The fraction of sp³-hybridized carbons (Fsp3) is 0.438. The van der Waals surface area contributed by atoms with Gasteiger partial charge in [0.2, 0.25) is 0 Å². The SMILES string of the molecule is CCN(CC(C)(C)O)C(=O)c1sc2ccc(C)cc2c1N. The Labute approximate surface area is 129 Å². The molecule has 0 saturated heterocycles. The monoisotopic (exact) mass is 306 g/mol. The van der Waals surface area contributed by atoms with E-state index in [4.69, 9.17) is 5.73 Å². The number of fused-ring (bicyclic) bond motifs is 1. The van der Waals surface area contributed by atoms with Crippen LogP contribution in [0.2, 0.25) is 0 Å². The van der Waals surface area contributed by atoms with E-state index in [9.17, 15) is 9.90 Å². The number of aliphatic hydroxyl groups is 1. The molecule has 0 aliphatic rings. The number of amides is 1. The van der Waals surface area contributed by atoms with Gasteiger partial charge in [-0.05, 0) is 39.8 Å². The smallest absolute Gasteiger partial charge is 0.266 e. The Balaban J connectivity index is 2.40. The van der Waals surface area contributed by atoms with Crippen LogP contribution in [0, 0.1) is 6.92 Å². The summed E-state index contributed by atoms with van der Waals surface area (Å²) in [6.45, 7) is 8.12. The number of hydrogen-bond acceptors (Lipinski definition) is 4. The molecular formula is C16H22N2O2S. The summed E-state index contributed by atoms with van der Waals surface area (Å²) >= 11 is 1.41. The molecule has 0 aliphatic carbocycles. The number of carbonyl (C=O) groups is 1. The second kappa shape index (κ2) is 5.66. The van der Waals surface area contributed by atoms with E-state index < -0.39 is 5.60 Å². The normalized spacial score (nSPS) is 11.9. The Bertz CT molecular complexity index is 671. The zero-order valence-electron chi connectivity index (χ0n) is 12.9. The first-order valence-electron chi connectivity index (χ1n) is 7.03. The molecule has 3 N–H and O–H groups in total. The number of nitrogen functional groups attached to an aromatic ring is 1. The van der Waals surface area contributed by atoms with Gasteiger partial charge in [-0.3, -0.25) is 4.79 Å². The van der Waals surface area contributed by atoms with Gasteiger partial charge in [-0.1, -0.05) is 11.6 Å². The van der Waals surface area contributed by atoms with Crippen molar-refractivity contribution in [2.24, 2.45) is 0 Å². The number of nitrogens with zero attached hydrogens (tertiary/aromatic N) is 1. The lowest BCUT2D eigenvalue weighted by Gasteiger charge is -2.27. The number of likely N-dealkylation sites (N-methyl/N-ethyl adjacent to an activating group) is 1. The summed E-state index contributed by atoms with van der Waals surface area (Å²) in [7, 11) is 0. The van der Waals surface area contributed by atoms with Crippen LogP contribution >= 0.6 is 11.3 Å². The molecule has 5 heteroatoms. The Morgan fingerprint density at radius 3 is 2.67 bits per heavy atom. The first-order chi connectivity index (χ1) is 9.73. The molecule has 2 aromatic rings. The molecule has 1 amide bonds. The number of hydrogen-bond donors (Lipinski definition) is 2. The highest BCUT2D eigenvalue weighted by molar-refractivity contribution is 7.21. The summed E-state index contributed by atoms with van der Waals surface area (Å²) < 4.78 is 1.01. The number of carbonyl (C=O) groups excluding carboxylic acids is 1. The molecule has 0 unspecified atom stereocenters. The number of benzene rings is 1. The molecular weight excluding hydrogens is 284 g/mol.